The van der Waals surface area contributed by atoms with E-state index in [0.29, 0.717) is 16.8 Å². The summed E-state index contributed by atoms with van der Waals surface area (Å²) >= 11 is 18.2. The Labute approximate surface area is 288 Å². The molecule has 4 amide bonds. The van der Waals surface area contributed by atoms with Gasteiger partial charge in [0.1, 0.15) is 5.82 Å². The molecule has 1 saturated carbocycles. The lowest BCUT2D eigenvalue weighted by Crippen LogP contribution is -2.60. The molecule has 3 aromatic rings. The van der Waals surface area contributed by atoms with Crippen LogP contribution in [-0.4, -0.2) is 45.6 Å². The molecule has 8 nitrogen and oxygen atoms in total. The molecular formula is C35H28BrCl2FN2O6. The summed E-state index contributed by atoms with van der Waals surface area (Å²) in [6.07, 6.45) is 2.62. The molecule has 7 rings (SSSR count). The molecule has 2 aliphatic heterocycles. The minimum absolute atomic E-state index is 0.0761. The molecule has 1 N–H and O–H groups in total. The van der Waals surface area contributed by atoms with Gasteiger partial charge in [0.25, 0.3) is 11.8 Å². The fraction of sp³-hybridized carbons (Fsp3) is 0.314. The average Bonchev–Trinajstić information content (AvgIpc) is 3.40. The Balaban J connectivity index is 1.40. The number of hydrogen-bond donors (Lipinski definition) is 1. The van der Waals surface area contributed by atoms with Gasteiger partial charge in [-0.25, -0.2) is 9.29 Å². The standard InChI is InChI=1S/C35H28BrCl2FN2O6/c1-3-17-4-8-20(9-5-17)40-30(43)23-13-12-22-24(27(23)31(40)44)16-34(37)32(45)41(21-10-6-19(39)7-11-21)33(46)35(34,38)28(22)18-14-25(36)29(42)26(15-18)47-2/h4-12,14-15,23-24,27-28,42H,3,13,16H2,1-2H3/t23-,24+,27-,28-,34+,35-/m0/s1. The van der Waals surface area contributed by atoms with Crippen molar-refractivity contribution in [2.24, 2.45) is 17.8 Å². The summed E-state index contributed by atoms with van der Waals surface area (Å²) in [5.74, 6) is -6.50. The SMILES string of the molecule is CCc1ccc(N2C(=O)[C@H]3[C@H](CC=C4[C@H]3C[C@@]3(Cl)C(=O)N(c5ccc(F)cc5)C(=O)[C@@]3(Cl)[C@H]4c3cc(Br)c(O)c(OC)c3)C2=O)cc1. The van der Waals surface area contributed by atoms with Crippen molar-refractivity contribution in [1.29, 1.82) is 0 Å². The number of aromatic hydroxyl groups is 1. The number of carbonyl (C=O) groups excluding carboxylic acids is 4. The Morgan fingerprint density at radius 3 is 2.21 bits per heavy atom. The summed E-state index contributed by atoms with van der Waals surface area (Å²) in [6, 6.07) is 15.2. The number of carbonyl (C=O) groups is 4. The predicted molar refractivity (Wildman–Crippen MR) is 177 cm³/mol. The van der Waals surface area contributed by atoms with E-state index in [1.807, 2.05) is 25.1 Å². The molecule has 0 bridgehead atoms. The molecule has 0 aromatic heterocycles. The number of imide groups is 2. The number of ether oxygens (including phenoxy) is 1. The largest absolute Gasteiger partial charge is 0.503 e. The van der Waals surface area contributed by atoms with E-state index in [-0.39, 0.29) is 40.4 Å². The predicted octanol–water partition coefficient (Wildman–Crippen LogP) is 6.63. The van der Waals surface area contributed by atoms with Crippen LogP contribution in [0.3, 0.4) is 0 Å². The van der Waals surface area contributed by atoms with Crippen LogP contribution in [0.5, 0.6) is 11.5 Å². The first-order chi connectivity index (χ1) is 22.4. The maximum Gasteiger partial charge on any atom is 0.258 e. The number of benzene rings is 3. The van der Waals surface area contributed by atoms with E-state index in [4.69, 9.17) is 27.9 Å². The number of aryl methyl sites for hydroxylation is 1. The number of amides is 4. The molecule has 12 heteroatoms. The Morgan fingerprint density at radius 2 is 1.57 bits per heavy atom. The maximum atomic E-state index is 14.5. The van der Waals surface area contributed by atoms with Gasteiger partial charge in [0.05, 0.1) is 34.8 Å². The second kappa shape index (κ2) is 11.2. The molecule has 242 valence electrons. The number of phenolic OH excluding ortho intramolecular Hbond substituents is 1. The van der Waals surface area contributed by atoms with Gasteiger partial charge in [-0.15, -0.1) is 23.2 Å². The number of allylic oxidation sites excluding steroid dienone is 2. The number of methoxy groups -OCH3 is 1. The van der Waals surface area contributed by atoms with Gasteiger partial charge in [-0.05, 0) is 101 Å². The smallest absolute Gasteiger partial charge is 0.258 e. The van der Waals surface area contributed by atoms with Crippen LogP contribution in [0, 0.1) is 23.6 Å². The molecule has 2 saturated heterocycles. The highest BCUT2D eigenvalue weighted by atomic mass is 79.9. The van der Waals surface area contributed by atoms with E-state index in [9.17, 15) is 28.7 Å². The second-order valence-electron chi connectivity index (χ2n) is 12.3. The highest BCUT2D eigenvalue weighted by molar-refractivity contribution is 9.10. The summed E-state index contributed by atoms with van der Waals surface area (Å²) < 4.78 is 19.5. The highest BCUT2D eigenvalue weighted by Gasteiger charge is 2.76. The van der Waals surface area contributed by atoms with E-state index < -0.39 is 57.0 Å². The first-order valence-corrected chi connectivity index (χ1v) is 16.7. The first kappa shape index (κ1) is 31.8. The van der Waals surface area contributed by atoms with Gasteiger partial charge >= 0.3 is 0 Å². The van der Waals surface area contributed by atoms with Crippen molar-refractivity contribution in [3.8, 4) is 11.5 Å². The quantitative estimate of drug-likeness (QED) is 0.179. The lowest BCUT2D eigenvalue weighted by molar-refractivity contribution is -0.125. The van der Waals surface area contributed by atoms with Gasteiger partial charge in [-0.3, -0.25) is 24.1 Å². The van der Waals surface area contributed by atoms with E-state index in [0.717, 1.165) is 29.0 Å². The van der Waals surface area contributed by atoms with E-state index in [1.165, 1.54) is 30.2 Å². The third kappa shape index (κ3) is 4.37. The molecular weight excluding hydrogens is 714 g/mol. The topological polar surface area (TPSA) is 104 Å². The summed E-state index contributed by atoms with van der Waals surface area (Å²) in [6.45, 7) is 2.01. The van der Waals surface area contributed by atoms with Crippen molar-refractivity contribution in [3.63, 3.8) is 0 Å². The molecule has 0 radical (unpaired) electrons. The van der Waals surface area contributed by atoms with E-state index >= 15 is 0 Å². The van der Waals surface area contributed by atoms with Gasteiger partial charge in [0.2, 0.25) is 11.8 Å². The number of alkyl halides is 2. The zero-order valence-electron chi connectivity index (χ0n) is 25.2. The zero-order valence-corrected chi connectivity index (χ0v) is 28.3. The van der Waals surface area contributed by atoms with E-state index in [1.54, 1.807) is 18.2 Å². The second-order valence-corrected chi connectivity index (χ2v) is 14.4. The van der Waals surface area contributed by atoms with Crippen LogP contribution in [0.1, 0.15) is 36.8 Å². The summed E-state index contributed by atoms with van der Waals surface area (Å²) in [4.78, 5) is 54.9. The average molecular weight is 742 g/mol. The fourth-order valence-corrected chi connectivity index (χ4v) is 9.22. The van der Waals surface area contributed by atoms with Crippen LogP contribution < -0.4 is 14.5 Å². The number of halogens is 4. The molecule has 47 heavy (non-hydrogen) atoms. The van der Waals surface area contributed by atoms with Crippen molar-refractivity contribution < 1.29 is 33.4 Å². The Hall–Kier alpha value is -3.73. The molecule has 3 fully saturated rings. The molecule has 0 unspecified atom stereocenters. The highest BCUT2D eigenvalue weighted by Crippen LogP contribution is 2.66. The van der Waals surface area contributed by atoms with Crippen molar-refractivity contribution in [2.45, 2.75) is 41.9 Å². The number of phenols is 1. The van der Waals surface area contributed by atoms with Crippen LogP contribution >= 0.6 is 39.1 Å². The van der Waals surface area contributed by atoms with E-state index in [2.05, 4.69) is 15.9 Å². The minimum Gasteiger partial charge on any atom is -0.503 e. The number of fused-ring (bicyclic) bond motifs is 4. The van der Waals surface area contributed by atoms with Crippen molar-refractivity contribution in [1.82, 2.24) is 0 Å². The van der Waals surface area contributed by atoms with Gasteiger partial charge < -0.3 is 9.84 Å². The maximum absolute atomic E-state index is 14.5. The van der Waals surface area contributed by atoms with Crippen LogP contribution in [-0.2, 0) is 25.6 Å². The van der Waals surface area contributed by atoms with Crippen LogP contribution in [0.15, 0.2) is 76.8 Å². The molecule has 6 atom stereocenters. The number of rotatable bonds is 5. The van der Waals surface area contributed by atoms with Crippen molar-refractivity contribution >= 4 is 74.1 Å². The number of anilines is 2. The molecule has 2 aliphatic carbocycles. The van der Waals surface area contributed by atoms with Gasteiger partial charge in [-0.1, -0.05) is 30.7 Å². The van der Waals surface area contributed by atoms with Gasteiger partial charge in [-0.2, -0.15) is 0 Å². The lowest BCUT2D eigenvalue weighted by atomic mass is 9.56. The summed E-state index contributed by atoms with van der Waals surface area (Å²) in [7, 11) is 1.37. The molecule has 4 aliphatic rings. The van der Waals surface area contributed by atoms with Crippen LogP contribution in [0.25, 0.3) is 0 Å². The third-order valence-corrected chi connectivity index (χ3v) is 12.1. The Kier molecular flexibility index (Phi) is 7.57. The normalized spacial score (nSPS) is 29.9. The van der Waals surface area contributed by atoms with Gasteiger partial charge in [0, 0.05) is 5.92 Å². The molecule has 0 spiro atoms. The minimum atomic E-state index is -2.11. The molecule has 3 aromatic carbocycles. The first-order valence-electron chi connectivity index (χ1n) is 15.1. The summed E-state index contributed by atoms with van der Waals surface area (Å²) in [5.41, 5.74) is 2.57. The molecule has 2 heterocycles. The number of hydrogen-bond acceptors (Lipinski definition) is 6. The van der Waals surface area contributed by atoms with Crippen LogP contribution in [0.4, 0.5) is 15.8 Å². The third-order valence-electron chi connectivity index (χ3n) is 10.1. The Bertz CT molecular complexity index is 1900. The monoisotopic (exact) mass is 740 g/mol. The summed E-state index contributed by atoms with van der Waals surface area (Å²) in [5, 5.41) is 10.6. The van der Waals surface area contributed by atoms with Crippen molar-refractivity contribution in [2.75, 3.05) is 16.9 Å². The lowest BCUT2D eigenvalue weighted by Gasteiger charge is -2.50. The Morgan fingerprint density at radius 1 is 0.936 bits per heavy atom. The van der Waals surface area contributed by atoms with Crippen LogP contribution in [0.2, 0.25) is 0 Å². The van der Waals surface area contributed by atoms with Gasteiger partial charge in [0.15, 0.2) is 21.2 Å². The van der Waals surface area contributed by atoms with Crippen molar-refractivity contribution in [3.05, 3.63) is 93.7 Å². The fourth-order valence-electron chi connectivity index (χ4n) is 7.82. The number of nitrogens with zero attached hydrogens (tertiary/aromatic N) is 2. The zero-order chi connectivity index (χ0) is 33.6.